The van der Waals surface area contributed by atoms with Gasteiger partial charge in [-0.1, -0.05) is 12.1 Å². The van der Waals surface area contributed by atoms with Crippen molar-refractivity contribution in [1.29, 1.82) is 0 Å². The SMILES string of the molecule is OC1(c2cccc(OC(F)(F)F)c2)CCN(CC(F)(F)F)CC1. The van der Waals surface area contributed by atoms with Gasteiger partial charge in [0.15, 0.2) is 0 Å². The molecular weight excluding hydrogens is 328 g/mol. The van der Waals surface area contributed by atoms with E-state index < -0.39 is 30.4 Å². The van der Waals surface area contributed by atoms with E-state index in [1.54, 1.807) is 0 Å². The van der Waals surface area contributed by atoms with E-state index in [1.165, 1.54) is 12.1 Å². The Kier molecular flexibility index (Phi) is 4.81. The van der Waals surface area contributed by atoms with Gasteiger partial charge >= 0.3 is 12.5 Å². The summed E-state index contributed by atoms with van der Waals surface area (Å²) in [5.74, 6) is -0.471. The van der Waals surface area contributed by atoms with Crippen LogP contribution in [0.1, 0.15) is 18.4 Å². The molecule has 0 saturated carbocycles. The lowest BCUT2D eigenvalue weighted by Crippen LogP contribution is -2.45. The highest BCUT2D eigenvalue weighted by atomic mass is 19.4. The molecule has 0 unspecified atom stereocenters. The topological polar surface area (TPSA) is 32.7 Å². The molecule has 1 aromatic rings. The summed E-state index contributed by atoms with van der Waals surface area (Å²) < 4.78 is 77.5. The zero-order chi connectivity index (χ0) is 17.3. The first-order valence-electron chi connectivity index (χ1n) is 6.85. The number of nitrogens with zero attached hydrogens (tertiary/aromatic N) is 1. The lowest BCUT2D eigenvalue weighted by Gasteiger charge is -2.38. The maximum Gasteiger partial charge on any atom is 0.573 e. The number of halogens is 6. The molecule has 0 radical (unpaired) electrons. The van der Waals surface area contributed by atoms with Gasteiger partial charge in [0.05, 0.1) is 12.1 Å². The van der Waals surface area contributed by atoms with Crippen molar-refractivity contribution in [3.05, 3.63) is 29.8 Å². The van der Waals surface area contributed by atoms with Crippen LogP contribution in [0, 0.1) is 0 Å². The van der Waals surface area contributed by atoms with Crippen LogP contribution in [0.5, 0.6) is 5.75 Å². The number of benzene rings is 1. The van der Waals surface area contributed by atoms with E-state index in [0.717, 1.165) is 17.0 Å². The summed E-state index contributed by atoms with van der Waals surface area (Å²) in [5, 5.41) is 10.5. The van der Waals surface area contributed by atoms with Crippen LogP contribution in [-0.4, -0.2) is 42.2 Å². The summed E-state index contributed by atoms with van der Waals surface area (Å²) in [4.78, 5) is 1.16. The molecule has 1 aliphatic rings. The summed E-state index contributed by atoms with van der Waals surface area (Å²) >= 11 is 0. The summed E-state index contributed by atoms with van der Waals surface area (Å²) in [6, 6.07) is 4.89. The van der Waals surface area contributed by atoms with Gasteiger partial charge in [-0.3, -0.25) is 4.90 Å². The zero-order valence-electron chi connectivity index (χ0n) is 11.9. The van der Waals surface area contributed by atoms with Gasteiger partial charge in [0.25, 0.3) is 0 Å². The molecule has 1 heterocycles. The molecule has 0 aliphatic carbocycles. The van der Waals surface area contributed by atoms with Gasteiger partial charge in [-0.25, -0.2) is 0 Å². The molecular formula is C14H15F6NO2. The second-order valence-corrected chi connectivity index (χ2v) is 5.50. The number of hydrogen-bond acceptors (Lipinski definition) is 3. The third-order valence-electron chi connectivity index (χ3n) is 3.69. The number of likely N-dealkylation sites (tertiary alicyclic amines) is 1. The fraction of sp³-hybridized carbons (Fsp3) is 0.571. The van der Waals surface area contributed by atoms with Crippen LogP contribution in [0.4, 0.5) is 26.3 Å². The third kappa shape index (κ3) is 5.28. The van der Waals surface area contributed by atoms with Crippen molar-refractivity contribution in [3.63, 3.8) is 0 Å². The van der Waals surface area contributed by atoms with Gasteiger partial charge in [0.2, 0.25) is 0 Å². The van der Waals surface area contributed by atoms with Gasteiger partial charge < -0.3 is 9.84 Å². The Hall–Kier alpha value is -1.48. The van der Waals surface area contributed by atoms with E-state index >= 15 is 0 Å². The molecule has 2 rings (SSSR count). The largest absolute Gasteiger partial charge is 0.573 e. The second-order valence-electron chi connectivity index (χ2n) is 5.50. The Morgan fingerprint density at radius 1 is 1.09 bits per heavy atom. The van der Waals surface area contributed by atoms with Crippen LogP contribution in [0.15, 0.2) is 24.3 Å². The summed E-state index contributed by atoms with van der Waals surface area (Å²) in [6.45, 7) is -1.07. The number of aliphatic hydroxyl groups is 1. The van der Waals surface area contributed by atoms with Crippen molar-refractivity contribution in [2.24, 2.45) is 0 Å². The van der Waals surface area contributed by atoms with Crippen molar-refractivity contribution in [2.75, 3.05) is 19.6 Å². The Morgan fingerprint density at radius 3 is 2.22 bits per heavy atom. The molecule has 1 aliphatic heterocycles. The minimum atomic E-state index is -4.85. The molecule has 1 N–H and O–H groups in total. The molecule has 130 valence electrons. The maximum absolute atomic E-state index is 12.3. The Morgan fingerprint density at radius 2 is 1.70 bits per heavy atom. The molecule has 0 aromatic heterocycles. The molecule has 0 bridgehead atoms. The van der Waals surface area contributed by atoms with Crippen molar-refractivity contribution >= 4 is 0 Å². The van der Waals surface area contributed by atoms with Gasteiger partial charge in [-0.2, -0.15) is 13.2 Å². The molecule has 9 heteroatoms. The molecule has 1 saturated heterocycles. The van der Waals surface area contributed by atoms with Gasteiger partial charge in [0, 0.05) is 13.1 Å². The number of ether oxygens (including phenoxy) is 1. The minimum absolute atomic E-state index is 0.000363. The van der Waals surface area contributed by atoms with E-state index in [0.29, 0.717) is 0 Å². The van der Waals surface area contributed by atoms with Crippen molar-refractivity contribution < 1.29 is 36.2 Å². The van der Waals surface area contributed by atoms with Crippen LogP contribution < -0.4 is 4.74 Å². The number of piperidine rings is 1. The highest BCUT2D eigenvalue weighted by Gasteiger charge is 2.39. The van der Waals surface area contributed by atoms with Crippen LogP contribution in [-0.2, 0) is 5.60 Å². The average Bonchev–Trinajstić information content (AvgIpc) is 2.38. The lowest BCUT2D eigenvalue weighted by atomic mass is 9.84. The van der Waals surface area contributed by atoms with Crippen LogP contribution in [0.2, 0.25) is 0 Å². The second kappa shape index (κ2) is 6.20. The molecule has 0 spiro atoms. The Bertz CT molecular complexity index is 535. The third-order valence-corrected chi connectivity index (χ3v) is 3.69. The van der Waals surface area contributed by atoms with E-state index in [4.69, 9.17) is 0 Å². The predicted octanol–water partition coefficient (Wildman–Crippen LogP) is 3.43. The normalized spacial score (nSPS) is 19.6. The van der Waals surface area contributed by atoms with Gasteiger partial charge in [-0.05, 0) is 30.5 Å². The van der Waals surface area contributed by atoms with E-state index in [-0.39, 0.29) is 31.5 Å². The van der Waals surface area contributed by atoms with Crippen LogP contribution >= 0.6 is 0 Å². The number of hydrogen-bond donors (Lipinski definition) is 1. The van der Waals surface area contributed by atoms with E-state index in [1.807, 2.05) is 0 Å². The quantitative estimate of drug-likeness (QED) is 0.854. The molecule has 1 fully saturated rings. The first kappa shape index (κ1) is 17.9. The van der Waals surface area contributed by atoms with Crippen molar-refractivity contribution in [1.82, 2.24) is 4.90 Å². The number of alkyl halides is 6. The summed E-state index contributed by atoms with van der Waals surface area (Å²) in [5.41, 5.74) is -1.27. The van der Waals surface area contributed by atoms with Crippen molar-refractivity contribution in [3.8, 4) is 5.75 Å². The highest BCUT2D eigenvalue weighted by molar-refractivity contribution is 5.33. The standard InChI is InChI=1S/C14H15F6NO2/c15-13(16,17)9-21-6-4-12(22,5-7-21)10-2-1-3-11(8-10)23-14(18,19)20/h1-3,8,22H,4-7,9H2. The molecule has 0 atom stereocenters. The summed E-state index contributed by atoms with van der Waals surface area (Å²) in [7, 11) is 0. The van der Waals surface area contributed by atoms with Gasteiger partial charge in [0.1, 0.15) is 5.75 Å². The maximum atomic E-state index is 12.3. The summed E-state index contributed by atoms with van der Waals surface area (Å²) in [6.07, 6.45) is -9.18. The monoisotopic (exact) mass is 343 g/mol. The molecule has 23 heavy (non-hydrogen) atoms. The first-order valence-corrected chi connectivity index (χ1v) is 6.85. The van der Waals surface area contributed by atoms with E-state index in [9.17, 15) is 31.4 Å². The average molecular weight is 343 g/mol. The van der Waals surface area contributed by atoms with E-state index in [2.05, 4.69) is 4.74 Å². The van der Waals surface area contributed by atoms with Crippen LogP contribution in [0.25, 0.3) is 0 Å². The Labute approximate surface area is 128 Å². The predicted molar refractivity (Wildman–Crippen MR) is 68.8 cm³/mol. The lowest BCUT2D eigenvalue weighted by molar-refractivity contribution is -0.274. The highest BCUT2D eigenvalue weighted by Crippen LogP contribution is 2.36. The zero-order valence-corrected chi connectivity index (χ0v) is 11.9. The number of rotatable bonds is 3. The van der Waals surface area contributed by atoms with Crippen molar-refractivity contribution in [2.45, 2.75) is 31.0 Å². The fourth-order valence-corrected chi connectivity index (χ4v) is 2.61. The fourth-order valence-electron chi connectivity index (χ4n) is 2.61. The minimum Gasteiger partial charge on any atom is -0.406 e. The molecule has 0 amide bonds. The van der Waals surface area contributed by atoms with Gasteiger partial charge in [-0.15, -0.1) is 13.2 Å². The smallest absolute Gasteiger partial charge is 0.406 e. The van der Waals surface area contributed by atoms with Crippen LogP contribution in [0.3, 0.4) is 0 Å². The molecule has 1 aromatic carbocycles. The first-order chi connectivity index (χ1) is 10.5. The molecule has 3 nitrogen and oxygen atoms in total. The Balaban J connectivity index is 2.06.